The second-order valence-corrected chi connectivity index (χ2v) is 8.55. The van der Waals surface area contributed by atoms with Gasteiger partial charge in [-0.3, -0.25) is 4.79 Å². The fourth-order valence-corrected chi connectivity index (χ4v) is 4.22. The van der Waals surface area contributed by atoms with Gasteiger partial charge in [-0.25, -0.2) is 0 Å². The van der Waals surface area contributed by atoms with Crippen LogP contribution in [0.1, 0.15) is 42.9 Å². The first-order valence-corrected chi connectivity index (χ1v) is 10.9. The Bertz CT molecular complexity index is 848. The molecule has 5 nitrogen and oxygen atoms in total. The number of benzene rings is 2. The monoisotopic (exact) mass is 459 g/mol. The molecule has 0 radical (unpaired) electrons. The van der Waals surface area contributed by atoms with Gasteiger partial charge in [-0.1, -0.05) is 34.1 Å². The van der Waals surface area contributed by atoms with Crippen molar-refractivity contribution in [1.82, 2.24) is 4.90 Å². The van der Waals surface area contributed by atoms with Crippen molar-refractivity contribution in [2.24, 2.45) is 0 Å². The predicted molar refractivity (Wildman–Crippen MR) is 114 cm³/mol. The Hall–Kier alpha value is -2.05. The summed E-state index contributed by atoms with van der Waals surface area (Å²) in [4.78, 5) is 14.2. The van der Waals surface area contributed by atoms with Crippen LogP contribution in [0.15, 0.2) is 46.9 Å². The van der Waals surface area contributed by atoms with E-state index in [9.17, 15) is 4.79 Å². The summed E-state index contributed by atoms with van der Waals surface area (Å²) in [5, 5.41) is 0. The van der Waals surface area contributed by atoms with Crippen LogP contribution in [0.25, 0.3) is 0 Å². The van der Waals surface area contributed by atoms with Crippen LogP contribution in [0.2, 0.25) is 0 Å². The molecule has 1 saturated carbocycles. The third-order valence-corrected chi connectivity index (χ3v) is 6.12. The number of methoxy groups -OCH3 is 1. The quantitative estimate of drug-likeness (QED) is 0.617. The molecule has 1 aliphatic heterocycles. The molecule has 1 unspecified atom stereocenters. The Labute approximate surface area is 180 Å². The summed E-state index contributed by atoms with van der Waals surface area (Å²) in [6.07, 6.45) is 4.67. The van der Waals surface area contributed by atoms with Crippen molar-refractivity contribution in [1.29, 1.82) is 0 Å². The van der Waals surface area contributed by atoms with Crippen molar-refractivity contribution in [3.8, 4) is 11.5 Å². The lowest BCUT2D eigenvalue weighted by atomic mass is 10.1. The molecule has 0 N–H and O–H groups in total. The fraction of sp³-hybridized carbons (Fsp3) is 0.435. The summed E-state index contributed by atoms with van der Waals surface area (Å²) in [5.74, 6) is 1.51. The fourth-order valence-electron chi connectivity index (χ4n) is 3.95. The average molecular weight is 460 g/mol. The van der Waals surface area contributed by atoms with Crippen LogP contribution in [-0.4, -0.2) is 37.2 Å². The zero-order valence-corrected chi connectivity index (χ0v) is 18.2. The van der Waals surface area contributed by atoms with Crippen molar-refractivity contribution in [2.75, 3.05) is 20.3 Å². The maximum Gasteiger partial charge on any atom is 0.249 e. The zero-order chi connectivity index (χ0) is 20.2. The molecule has 2 aliphatic rings. The minimum absolute atomic E-state index is 0.0140. The normalized spacial score (nSPS) is 20.1. The standard InChI is InChI=1S/C23H26BrNO4/c1-27-20-11-8-17(12-21(20)29-19-4-2-3-5-19)22-14-25(23(26)15-28-22)13-16-6-9-18(24)10-7-16/h6-12,19,22H,2-5,13-15H2,1H3. The van der Waals surface area contributed by atoms with E-state index >= 15 is 0 Å². The Balaban J connectivity index is 1.49. The minimum atomic E-state index is -0.181. The highest BCUT2D eigenvalue weighted by Gasteiger charge is 2.28. The van der Waals surface area contributed by atoms with Crippen LogP contribution in [-0.2, 0) is 16.1 Å². The van der Waals surface area contributed by atoms with Gasteiger partial charge < -0.3 is 19.1 Å². The number of amides is 1. The maximum atomic E-state index is 12.4. The number of nitrogens with zero attached hydrogens (tertiary/aromatic N) is 1. The first-order chi connectivity index (χ1) is 14.1. The van der Waals surface area contributed by atoms with E-state index in [1.54, 1.807) is 7.11 Å². The molecule has 29 heavy (non-hydrogen) atoms. The highest BCUT2D eigenvalue weighted by Crippen LogP contribution is 2.35. The highest BCUT2D eigenvalue weighted by molar-refractivity contribution is 9.10. The van der Waals surface area contributed by atoms with Gasteiger partial charge in [0, 0.05) is 11.0 Å². The van der Waals surface area contributed by atoms with Crippen LogP contribution in [0.5, 0.6) is 11.5 Å². The Morgan fingerprint density at radius 1 is 1.10 bits per heavy atom. The average Bonchev–Trinajstić information content (AvgIpc) is 3.24. The lowest BCUT2D eigenvalue weighted by Gasteiger charge is -2.33. The van der Waals surface area contributed by atoms with Crippen molar-refractivity contribution in [3.05, 3.63) is 58.1 Å². The molecule has 0 bridgehead atoms. The van der Waals surface area contributed by atoms with Gasteiger partial charge in [0.25, 0.3) is 0 Å². The predicted octanol–water partition coefficient (Wildman–Crippen LogP) is 4.88. The summed E-state index contributed by atoms with van der Waals surface area (Å²) >= 11 is 3.45. The van der Waals surface area contributed by atoms with Crippen LogP contribution in [0.4, 0.5) is 0 Å². The van der Waals surface area contributed by atoms with Gasteiger partial charge in [0.1, 0.15) is 12.7 Å². The first-order valence-electron chi connectivity index (χ1n) is 10.1. The molecule has 0 spiro atoms. The van der Waals surface area contributed by atoms with E-state index in [2.05, 4.69) is 15.9 Å². The Morgan fingerprint density at radius 3 is 2.59 bits per heavy atom. The minimum Gasteiger partial charge on any atom is -0.493 e. The molecule has 4 rings (SSSR count). The van der Waals surface area contributed by atoms with E-state index < -0.39 is 0 Å². The van der Waals surface area contributed by atoms with Gasteiger partial charge in [0.05, 0.1) is 19.8 Å². The van der Waals surface area contributed by atoms with Crippen molar-refractivity contribution in [3.63, 3.8) is 0 Å². The van der Waals surface area contributed by atoms with Gasteiger partial charge >= 0.3 is 0 Å². The number of morpholine rings is 1. The zero-order valence-electron chi connectivity index (χ0n) is 16.6. The summed E-state index contributed by atoms with van der Waals surface area (Å²) in [6, 6.07) is 14.0. The topological polar surface area (TPSA) is 48.0 Å². The van der Waals surface area contributed by atoms with Crippen LogP contribution < -0.4 is 9.47 Å². The van der Waals surface area contributed by atoms with E-state index in [0.717, 1.165) is 39.9 Å². The smallest absolute Gasteiger partial charge is 0.249 e. The van der Waals surface area contributed by atoms with Gasteiger partial charge in [-0.15, -0.1) is 0 Å². The number of halogens is 1. The first kappa shape index (κ1) is 20.2. The van der Waals surface area contributed by atoms with Gasteiger partial charge in [0.2, 0.25) is 5.91 Å². The molecule has 2 aromatic carbocycles. The summed E-state index contributed by atoms with van der Waals surface area (Å²) < 4.78 is 18.6. The molecule has 6 heteroatoms. The Kier molecular flexibility index (Phi) is 6.40. The molecule has 0 aromatic heterocycles. The largest absolute Gasteiger partial charge is 0.493 e. The van der Waals surface area contributed by atoms with E-state index in [1.165, 1.54) is 12.8 Å². The Morgan fingerprint density at radius 2 is 1.86 bits per heavy atom. The highest BCUT2D eigenvalue weighted by atomic mass is 79.9. The molecular weight excluding hydrogens is 434 g/mol. The number of ether oxygens (including phenoxy) is 3. The second-order valence-electron chi connectivity index (χ2n) is 7.63. The molecule has 1 heterocycles. The van der Waals surface area contributed by atoms with Gasteiger partial charge in [0.15, 0.2) is 11.5 Å². The molecule has 1 amide bonds. The molecule has 1 saturated heterocycles. The number of rotatable bonds is 6. The molecule has 2 aromatic rings. The number of carbonyl (C=O) groups is 1. The lowest BCUT2D eigenvalue weighted by molar-refractivity contribution is -0.150. The van der Waals surface area contributed by atoms with E-state index in [4.69, 9.17) is 14.2 Å². The molecule has 1 aliphatic carbocycles. The van der Waals surface area contributed by atoms with Gasteiger partial charge in [-0.05, 0) is 61.1 Å². The van der Waals surface area contributed by atoms with Crippen molar-refractivity contribution >= 4 is 21.8 Å². The SMILES string of the molecule is COc1ccc(C2CN(Cc3ccc(Br)cc3)C(=O)CO2)cc1OC1CCCC1. The number of carbonyl (C=O) groups excluding carboxylic acids is 1. The molecule has 1 atom stereocenters. The second kappa shape index (κ2) is 9.18. The van der Waals surface area contributed by atoms with Gasteiger partial charge in [-0.2, -0.15) is 0 Å². The maximum absolute atomic E-state index is 12.4. The van der Waals surface area contributed by atoms with E-state index in [-0.39, 0.29) is 24.7 Å². The van der Waals surface area contributed by atoms with Crippen molar-refractivity contribution < 1.29 is 19.0 Å². The third-order valence-electron chi connectivity index (χ3n) is 5.59. The van der Waals surface area contributed by atoms with E-state index in [1.807, 2.05) is 47.4 Å². The van der Waals surface area contributed by atoms with Crippen LogP contribution >= 0.6 is 15.9 Å². The third kappa shape index (κ3) is 4.93. The van der Waals surface area contributed by atoms with Crippen LogP contribution in [0.3, 0.4) is 0 Å². The summed E-state index contributed by atoms with van der Waals surface area (Å²) in [6.45, 7) is 1.18. The number of hydrogen-bond acceptors (Lipinski definition) is 4. The summed E-state index contributed by atoms with van der Waals surface area (Å²) in [5.41, 5.74) is 2.11. The summed E-state index contributed by atoms with van der Waals surface area (Å²) in [7, 11) is 1.66. The lowest BCUT2D eigenvalue weighted by Crippen LogP contribution is -2.42. The molecule has 2 fully saturated rings. The van der Waals surface area contributed by atoms with E-state index in [0.29, 0.717) is 13.1 Å². The van der Waals surface area contributed by atoms with Crippen LogP contribution in [0, 0.1) is 0 Å². The number of hydrogen-bond donors (Lipinski definition) is 0. The van der Waals surface area contributed by atoms with Crippen molar-refractivity contribution in [2.45, 2.75) is 44.4 Å². The molecular formula is C23H26BrNO4. The molecule has 154 valence electrons.